The van der Waals surface area contributed by atoms with Crippen LogP contribution < -0.4 is 5.32 Å². The van der Waals surface area contributed by atoms with E-state index in [-0.39, 0.29) is 18.2 Å². The van der Waals surface area contributed by atoms with Crippen LogP contribution in [0.25, 0.3) is 0 Å². The second kappa shape index (κ2) is 4.18. The van der Waals surface area contributed by atoms with Gasteiger partial charge in [0.05, 0.1) is 18.2 Å². The number of aliphatic hydroxyl groups excluding tert-OH is 1. The van der Waals surface area contributed by atoms with Crippen LogP contribution in [0.2, 0.25) is 0 Å². The van der Waals surface area contributed by atoms with Crippen LogP contribution in [-0.4, -0.2) is 43.8 Å². The Hall–Kier alpha value is -0.160. The lowest BCUT2D eigenvalue weighted by Crippen LogP contribution is -2.54. The SMILES string of the molecule is CNC1C(C)O[C@@H](O)CC1OC. The summed E-state index contributed by atoms with van der Waals surface area (Å²) in [5.74, 6) is 0. The van der Waals surface area contributed by atoms with Gasteiger partial charge in [0.2, 0.25) is 0 Å². The van der Waals surface area contributed by atoms with Crippen LogP contribution in [0.4, 0.5) is 0 Å². The van der Waals surface area contributed by atoms with Gasteiger partial charge < -0.3 is 19.9 Å². The van der Waals surface area contributed by atoms with E-state index in [9.17, 15) is 5.11 Å². The molecule has 0 spiro atoms. The summed E-state index contributed by atoms with van der Waals surface area (Å²) in [4.78, 5) is 0. The molecule has 0 bridgehead atoms. The van der Waals surface area contributed by atoms with Crippen LogP contribution in [-0.2, 0) is 9.47 Å². The van der Waals surface area contributed by atoms with E-state index >= 15 is 0 Å². The molecule has 0 saturated carbocycles. The molecule has 0 amide bonds. The molecule has 4 heteroatoms. The Kier molecular flexibility index (Phi) is 3.46. The molecule has 0 radical (unpaired) electrons. The molecule has 0 aromatic heterocycles. The summed E-state index contributed by atoms with van der Waals surface area (Å²) < 4.78 is 10.5. The van der Waals surface area contributed by atoms with Crippen molar-refractivity contribution in [1.82, 2.24) is 5.32 Å². The second-order valence-electron chi connectivity index (χ2n) is 3.12. The molecule has 0 aliphatic carbocycles. The molecule has 12 heavy (non-hydrogen) atoms. The maximum Gasteiger partial charge on any atom is 0.157 e. The third-order valence-electron chi connectivity index (χ3n) is 2.35. The summed E-state index contributed by atoms with van der Waals surface area (Å²) in [5.41, 5.74) is 0. The third kappa shape index (κ3) is 1.95. The van der Waals surface area contributed by atoms with Crippen molar-refractivity contribution in [2.45, 2.75) is 37.9 Å². The monoisotopic (exact) mass is 175 g/mol. The first-order valence-corrected chi connectivity index (χ1v) is 4.22. The fraction of sp³-hybridized carbons (Fsp3) is 1.00. The summed E-state index contributed by atoms with van der Waals surface area (Å²) >= 11 is 0. The van der Waals surface area contributed by atoms with Gasteiger partial charge in [-0.2, -0.15) is 0 Å². The van der Waals surface area contributed by atoms with Gasteiger partial charge in [-0.1, -0.05) is 0 Å². The van der Waals surface area contributed by atoms with Gasteiger partial charge in [-0.05, 0) is 14.0 Å². The summed E-state index contributed by atoms with van der Waals surface area (Å²) in [6.07, 6.45) is -0.126. The first-order chi connectivity index (χ1) is 5.69. The van der Waals surface area contributed by atoms with Gasteiger partial charge >= 0.3 is 0 Å². The van der Waals surface area contributed by atoms with Gasteiger partial charge in [-0.15, -0.1) is 0 Å². The van der Waals surface area contributed by atoms with Crippen molar-refractivity contribution in [3.05, 3.63) is 0 Å². The second-order valence-corrected chi connectivity index (χ2v) is 3.12. The smallest absolute Gasteiger partial charge is 0.157 e. The number of nitrogens with one attached hydrogen (secondary N) is 1. The number of aliphatic hydroxyl groups is 1. The molecule has 1 aliphatic heterocycles. The first kappa shape index (κ1) is 9.92. The summed E-state index contributed by atoms with van der Waals surface area (Å²) in [6, 6.07) is 0.165. The highest BCUT2D eigenvalue weighted by atomic mass is 16.6. The standard InChI is InChI=1S/C8H17NO3/c1-5-8(9-2)6(11-3)4-7(10)12-5/h5-10H,4H2,1-3H3/t5?,6?,7-,8?/m1/s1. The van der Waals surface area contributed by atoms with Gasteiger partial charge in [0.25, 0.3) is 0 Å². The number of ether oxygens (including phenoxy) is 2. The Morgan fingerprint density at radius 3 is 2.75 bits per heavy atom. The Morgan fingerprint density at radius 1 is 1.58 bits per heavy atom. The van der Waals surface area contributed by atoms with Gasteiger partial charge in [-0.3, -0.25) is 0 Å². The zero-order chi connectivity index (χ0) is 9.14. The molecule has 1 saturated heterocycles. The van der Waals surface area contributed by atoms with Crippen LogP contribution in [0.1, 0.15) is 13.3 Å². The van der Waals surface area contributed by atoms with Crippen LogP contribution in [0.3, 0.4) is 0 Å². The highest BCUT2D eigenvalue weighted by Gasteiger charge is 2.34. The molecule has 3 unspecified atom stereocenters. The molecule has 72 valence electrons. The van der Waals surface area contributed by atoms with E-state index in [0.29, 0.717) is 6.42 Å². The van der Waals surface area contributed by atoms with E-state index in [2.05, 4.69) is 5.32 Å². The van der Waals surface area contributed by atoms with Crippen LogP contribution in [0.5, 0.6) is 0 Å². The van der Waals surface area contributed by atoms with Crippen LogP contribution in [0, 0.1) is 0 Å². The molecule has 4 nitrogen and oxygen atoms in total. The van der Waals surface area contributed by atoms with E-state index in [0.717, 1.165) is 0 Å². The molecular weight excluding hydrogens is 158 g/mol. The molecular formula is C8H17NO3. The van der Waals surface area contributed by atoms with Gasteiger partial charge in [-0.25, -0.2) is 0 Å². The lowest BCUT2D eigenvalue weighted by molar-refractivity contribution is -0.200. The molecule has 1 fully saturated rings. The lowest BCUT2D eigenvalue weighted by Gasteiger charge is -2.37. The molecule has 1 heterocycles. The van der Waals surface area contributed by atoms with Crippen LogP contribution >= 0.6 is 0 Å². The topological polar surface area (TPSA) is 50.7 Å². The third-order valence-corrected chi connectivity index (χ3v) is 2.35. The number of methoxy groups -OCH3 is 1. The van der Waals surface area contributed by atoms with Crippen molar-refractivity contribution < 1.29 is 14.6 Å². The van der Waals surface area contributed by atoms with E-state index in [1.165, 1.54) is 0 Å². The highest BCUT2D eigenvalue weighted by Crippen LogP contribution is 2.20. The van der Waals surface area contributed by atoms with Crippen LogP contribution in [0.15, 0.2) is 0 Å². The molecule has 4 atom stereocenters. The average molecular weight is 175 g/mol. The molecule has 0 aromatic carbocycles. The fourth-order valence-electron chi connectivity index (χ4n) is 1.70. The molecule has 1 aliphatic rings. The summed E-state index contributed by atoms with van der Waals surface area (Å²) in [6.45, 7) is 1.93. The molecule has 0 aromatic rings. The predicted molar refractivity (Wildman–Crippen MR) is 44.8 cm³/mol. The zero-order valence-corrected chi connectivity index (χ0v) is 7.78. The number of hydrogen-bond acceptors (Lipinski definition) is 4. The normalized spacial score (nSPS) is 43.0. The Bertz CT molecular complexity index is 142. The minimum absolute atomic E-state index is 0.0105. The van der Waals surface area contributed by atoms with Crippen molar-refractivity contribution in [3.8, 4) is 0 Å². The summed E-state index contributed by atoms with van der Waals surface area (Å²) in [7, 11) is 3.52. The Morgan fingerprint density at radius 2 is 2.25 bits per heavy atom. The van der Waals surface area contributed by atoms with Crippen molar-refractivity contribution in [3.63, 3.8) is 0 Å². The summed E-state index contributed by atoms with van der Waals surface area (Å²) in [5, 5.41) is 12.4. The zero-order valence-electron chi connectivity index (χ0n) is 7.78. The van der Waals surface area contributed by atoms with Gasteiger partial charge in [0, 0.05) is 13.5 Å². The maximum absolute atomic E-state index is 9.26. The van der Waals surface area contributed by atoms with Gasteiger partial charge in [0.15, 0.2) is 6.29 Å². The minimum Gasteiger partial charge on any atom is -0.380 e. The van der Waals surface area contributed by atoms with Crippen molar-refractivity contribution in [1.29, 1.82) is 0 Å². The predicted octanol–water partition coefficient (Wildman–Crippen LogP) is -0.283. The minimum atomic E-state index is -0.686. The van der Waals surface area contributed by atoms with E-state index in [1.807, 2.05) is 14.0 Å². The number of hydrogen-bond donors (Lipinski definition) is 2. The van der Waals surface area contributed by atoms with Crippen molar-refractivity contribution in [2.75, 3.05) is 14.2 Å². The van der Waals surface area contributed by atoms with E-state index in [1.54, 1.807) is 7.11 Å². The molecule has 1 rings (SSSR count). The van der Waals surface area contributed by atoms with E-state index < -0.39 is 6.29 Å². The van der Waals surface area contributed by atoms with Gasteiger partial charge in [0.1, 0.15) is 0 Å². The quantitative estimate of drug-likeness (QED) is 0.606. The lowest BCUT2D eigenvalue weighted by atomic mass is 10.00. The number of rotatable bonds is 2. The van der Waals surface area contributed by atoms with E-state index in [4.69, 9.17) is 9.47 Å². The Balaban J connectivity index is 2.56. The first-order valence-electron chi connectivity index (χ1n) is 4.22. The fourth-order valence-corrected chi connectivity index (χ4v) is 1.70. The average Bonchev–Trinajstić information content (AvgIpc) is 2.03. The highest BCUT2D eigenvalue weighted by molar-refractivity contribution is 4.86. The van der Waals surface area contributed by atoms with Crippen molar-refractivity contribution >= 4 is 0 Å². The Labute approximate surface area is 72.9 Å². The largest absolute Gasteiger partial charge is 0.380 e. The molecule has 2 N–H and O–H groups in total. The number of likely N-dealkylation sites (N-methyl/N-ethyl adjacent to an activating group) is 1. The van der Waals surface area contributed by atoms with Crippen molar-refractivity contribution in [2.24, 2.45) is 0 Å². The maximum atomic E-state index is 9.26.